The molecule has 0 bridgehead atoms. The van der Waals surface area contributed by atoms with Gasteiger partial charge in [-0.3, -0.25) is 4.79 Å². The minimum atomic E-state index is -0.505. The molecule has 0 unspecified atom stereocenters. The fourth-order valence-electron chi connectivity index (χ4n) is 2.29. The van der Waals surface area contributed by atoms with E-state index in [1.54, 1.807) is 13.2 Å². The van der Waals surface area contributed by atoms with E-state index in [1.807, 2.05) is 42.5 Å². The Morgan fingerprint density at radius 3 is 2.73 bits per heavy atom. The minimum Gasteiger partial charge on any atom is -0.497 e. The van der Waals surface area contributed by atoms with Gasteiger partial charge in [0.05, 0.1) is 18.3 Å². The van der Waals surface area contributed by atoms with Crippen LogP contribution >= 0.6 is 27.5 Å². The van der Waals surface area contributed by atoms with E-state index in [0.717, 1.165) is 21.2 Å². The summed E-state index contributed by atoms with van der Waals surface area (Å²) in [5, 5.41) is 0.218. The second-order valence-corrected chi connectivity index (χ2v) is 5.98. The van der Waals surface area contributed by atoms with E-state index < -0.39 is 5.24 Å². The van der Waals surface area contributed by atoms with Crippen LogP contribution in [0.4, 0.5) is 0 Å². The van der Waals surface area contributed by atoms with Gasteiger partial charge in [-0.2, -0.15) is 0 Å². The highest BCUT2D eigenvalue weighted by atomic mass is 79.9. The van der Waals surface area contributed by atoms with E-state index in [9.17, 15) is 4.79 Å². The summed E-state index contributed by atoms with van der Waals surface area (Å²) in [4.78, 5) is 16.4. The molecule has 2 aromatic carbocycles. The molecule has 0 aliphatic rings. The van der Waals surface area contributed by atoms with E-state index in [4.69, 9.17) is 16.3 Å². The summed E-state index contributed by atoms with van der Waals surface area (Å²) < 4.78 is 6.10. The summed E-state index contributed by atoms with van der Waals surface area (Å²) in [5.41, 5.74) is 2.69. The molecule has 0 N–H and O–H groups in total. The van der Waals surface area contributed by atoms with Gasteiger partial charge in [0.15, 0.2) is 0 Å². The number of benzene rings is 2. The van der Waals surface area contributed by atoms with Crippen LogP contribution < -0.4 is 4.74 Å². The Bertz CT molecular complexity index is 880. The SMILES string of the molecule is COc1cccc(-c2cc(C(=O)Cl)c3cc(Br)ccc3n2)c1. The van der Waals surface area contributed by atoms with Crippen LogP contribution in [0.3, 0.4) is 0 Å². The number of fused-ring (bicyclic) bond motifs is 1. The first-order valence-electron chi connectivity index (χ1n) is 6.53. The zero-order valence-corrected chi connectivity index (χ0v) is 14.0. The second kappa shape index (κ2) is 6.07. The Kier molecular flexibility index (Phi) is 4.14. The Labute approximate surface area is 141 Å². The molecular formula is C17H11BrClNO2. The maximum Gasteiger partial charge on any atom is 0.253 e. The van der Waals surface area contributed by atoms with Crippen molar-refractivity contribution in [2.45, 2.75) is 0 Å². The van der Waals surface area contributed by atoms with Crippen LogP contribution in [0.25, 0.3) is 22.2 Å². The summed E-state index contributed by atoms with van der Waals surface area (Å²) in [6.07, 6.45) is 0. The zero-order valence-electron chi connectivity index (χ0n) is 11.6. The lowest BCUT2D eigenvalue weighted by Crippen LogP contribution is -1.96. The summed E-state index contributed by atoms with van der Waals surface area (Å²) in [7, 11) is 1.61. The smallest absolute Gasteiger partial charge is 0.253 e. The predicted octanol–water partition coefficient (Wildman–Crippen LogP) is 5.05. The van der Waals surface area contributed by atoms with Gasteiger partial charge in [0.1, 0.15) is 5.75 Å². The second-order valence-electron chi connectivity index (χ2n) is 4.72. The summed E-state index contributed by atoms with van der Waals surface area (Å²) in [6.45, 7) is 0. The molecule has 0 atom stereocenters. The number of hydrogen-bond acceptors (Lipinski definition) is 3. The lowest BCUT2D eigenvalue weighted by molar-refractivity contribution is 0.108. The van der Waals surface area contributed by atoms with Gasteiger partial charge in [-0.1, -0.05) is 28.1 Å². The highest BCUT2D eigenvalue weighted by Crippen LogP contribution is 2.29. The van der Waals surface area contributed by atoms with Crippen molar-refractivity contribution in [3.05, 3.63) is 58.6 Å². The van der Waals surface area contributed by atoms with Crippen molar-refractivity contribution in [1.82, 2.24) is 4.98 Å². The number of aromatic nitrogens is 1. The predicted molar refractivity (Wildman–Crippen MR) is 91.6 cm³/mol. The fourth-order valence-corrected chi connectivity index (χ4v) is 2.81. The van der Waals surface area contributed by atoms with Crippen LogP contribution in [0.2, 0.25) is 0 Å². The third-order valence-electron chi connectivity index (χ3n) is 3.35. The molecule has 110 valence electrons. The molecule has 22 heavy (non-hydrogen) atoms. The van der Waals surface area contributed by atoms with Crippen LogP contribution in [-0.2, 0) is 0 Å². The van der Waals surface area contributed by atoms with Crippen molar-refractivity contribution in [3.8, 4) is 17.0 Å². The van der Waals surface area contributed by atoms with Crippen LogP contribution in [0, 0.1) is 0 Å². The molecule has 0 saturated heterocycles. The third-order valence-corrected chi connectivity index (χ3v) is 4.04. The molecular weight excluding hydrogens is 366 g/mol. The van der Waals surface area contributed by atoms with Crippen LogP contribution in [0.5, 0.6) is 5.75 Å². The maximum absolute atomic E-state index is 11.8. The van der Waals surface area contributed by atoms with Gasteiger partial charge in [0, 0.05) is 21.0 Å². The number of carbonyl (C=O) groups is 1. The maximum atomic E-state index is 11.8. The van der Waals surface area contributed by atoms with Crippen molar-refractivity contribution in [1.29, 1.82) is 0 Å². The molecule has 0 fully saturated rings. The Hall–Kier alpha value is -1.91. The van der Waals surface area contributed by atoms with E-state index in [0.29, 0.717) is 16.8 Å². The van der Waals surface area contributed by atoms with Crippen molar-refractivity contribution < 1.29 is 9.53 Å². The lowest BCUT2D eigenvalue weighted by Gasteiger charge is -2.09. The van der Waals surface area contributed by atoms with Crippen molar-refractivity contribution in [2.24, 2.45) is 0 Å². The average Bonchev–Trinajstić information content (AvgIpc) is 2.53. The van der Waals surface area contributed by atoms with Gasteiger partial charge in [0.25, 0.3) is 5.24 Å². The first-order chi connectivity index (χ1) is 10.6. The molecule has 1 aromatic heterocycles. The van der Waals surface area contributed by atoms with Crippen molar-refractivity contribution >= 4 is 43.7 Å². The molecule has 0 spiro atoms. The van der Waals surface area contributed by atoms with Crippen molar-refractivity contribution in [3.63, 3.8) is 0 Å². The zero-order chi connectivity index (χ0) is 15.7. The molecule has 3 nitrogen and oxygen atoms in total. The Morgan fingerprint density at radius 1 is 1.18 bits per heavy atom. The molecule has 0 aliphatic heterocycles. The van der Waals surface area contributed by atoms with E-state index in [1.165, 1.54) is 0 Å². The molecule has 3 rings (SSSR count). The van der Waals surface area contributed by atoms with E-state index in [2.05, 4.69) is 20.9 Å². The van der Waals surface area contributed by atoms with Crippen LogP contribution in [-0.4, -0.2) is 17.3 Å². The highest BCUT2D eigenvalue weighted by molar-refractivity contribution is 9.10. The number of hydrogen-bond donors (Lipinski definition) is 0. The highest BCUT2D eigenvalue weighted by Gasteiger charge is 2.13. The minimum absolute atomic E-state index is 0.436. The number of methoxy groups -OCH3 is 1. The number of nitrogens with zero attached hydrogens (tertiary/aromatic N) is 1. The standard InChI is InChI=1S/C17H11BrClNO2/c1-22-12-4-2-3-10(7-12)16-9-14(17(19)21)13-8-11(18)5-6-15(13)20-16/h2-9H,1H3. The van der Waals surface area contributed by atoms with Gasteiger partial charge in [-0.15, -0.1) is 0 Å². The number of rotatable bonds is 3. The van der Waals surface area contributed by atoms with Gasteiger partial charge >= 0.3 is 0 Å². The normalized spacial score (nSPS) is 10.7. The quantitative estimate of drug-likeness (QED) is 0.600. The number of ether oxygens (including phenoxy) is 1. The topological polar surface area (TPSA) is 39.2 Å². The monoisotopic (exact) mass is 375 g/mol. The third kappa shape index (κ3) is 2.85. The first-order valence-corrected chi connectivity index (χ1v) is 7.70. The number of carbonyl (C=O) groups excluding carboxylic acids is 1. The summed E-state index contributed by atoms with van der Waals surface area (Å²) >= 11 is 9.15. The van der Waals surface area contributed by atoms with Crippen LogP contribution in [0.15, 0.2) is 53.0 Å². The van der Waals surface area contributed by atoms with Gasteiger partial charge in [0.2, 0.25) is 0 Å². The van der Waals surface area contributed by atoms with Crippen LogP contribution in [0.1, 0.15) is 10.4 Å². The molecule has 1 heterocycles. The summed E-state index contributed by atoms with van der Waals surface area (Å²) in [6, 6.07) is 14.8. The molecule has 0 saturated carbocycles. The Morgan fingerprint density at radius 2 is 2.00 bits per heavy atom. The summed E-state index contributed by atoms with van der Waals surface area (Å²) in [5.74, 6) is 0.731. The lowest BCUT2D eigenvalue weighted by atomic mass is 10.0. The molecule has 0 amide bonds. The number of halogens is 2. The van der Waals surface area contributed by atoms with Gasteiger partial charge in [-0.05, 0) is 48.0 Å². The number of pyridine rings is 1. The first kappa shape index (κ1) is 15.0. The Balaban J connectivity index is 2.26. The van der Waals surface area contributed by atoms with Gasteiger partial charge in [-0.25, -0.2) is 4.98 Å². The fraction of sp³-hybridized carbons (Fsp3) is 0.0588. The van der Waals surface area contributed by atoms with Crippen molar-refractivity contribution in [2.75, 3.05) is 7.11 Å². The van der Waals surface area contributed by atoms with Gasteiger partial charge < -0.3 is 4.74 Å². The van der Waals surface area contributed by atoms with E-state index >= 15 is 0 Å². The molecule has 0 radical (unpaired) electrons. The average molecular weight is 377 g/mol. The molecule has 3 aromatic rings. The largest absolute Gasteiger partial charge is 0.497 e. The molecule has 0 aliphatic carbocycles. The molecule has 5 heteroatoms. The van der Waals surface area contributed by atoms with E-state index in [-0.39, 0.29) is 0 Å².